The minimum absolute atomic E-state index is 0.321. The molecule has 1 atom stereocenters. The van der Waals surface area contributed by atoms with Crippen molar-refractivity contribution >= 4 is 15.9 Å². The lowest BCUT2D eigenvalue weighted by molar-refractivity contribution is 0.567. The van der Waals surface area contributed by atoms with Crippen LogP contribution in [0.25, 0.3) is 0 Å². The van der Waals surface area contributed by atoms with Crippen LogP contribution in [-0.2, 0) is 0 Å². The second-order valence-electron chi connectivity index (χ2n) is 2.97. The molecule has 0 saturated heterocycles. The molecule has 1 aromatic carbocycles. The fourth-order valence-electron chi connectivity index (χ4n) is 1.17. The van der Waals surface area contributed by atoms with Crippen LogP contribution in [0, 0.1) is 17.1 Å². The van der Waals surface area contributed by atoms with Gasteiger partial charge in [-0.25, -0.2) is 4.39 Å². The quantitative estimate of drug-likeness (QED) is 0.905. The van der Waals surface area contributed by atoms with E-state index in [-0.39, 0.29) is 5.82 Å². The van der Waals surface area contributed by atoms with E-state index in [1.165, 1.54) is 6.07 Å². The van der Waals surface area contributed by atoms with Crippen molar-refractivity contribution < 1.29 is 4.39 Å². The molecule has 2 N–H and O–H groups in total. The van der Waals surface area contributed by atoms with Crippen LogP contribution >= 0.6 is 15.9 Å². The zero-order chi connectivity index (χ0) is 10.6. The molecule has 0 aliphatic heterocycles. The second kappa shape index (κ2) is 5.08. The lowest BCUT2D eigenvalue weighted by Gasteiger charge is -2.11. The normalized spacial score (nSPS) is 12.1. The standard InChI is InChI=1S/C10H10BrFN2/c11-7-3-4-9(12)8(6-7)10(14)2-1-5-13/h3-4,6,10H,1-2,14H2. The summed E-state index contributed by atoms with van der Waals surface area (Å²) in [7, 11) is 0. The summed E-state index contributed by atoms with van der Waals surface area (Å²) in [6, 6.07) is 6.22. The molecule has 1 rings (SSSR count). The predicted molar refractivity (Wildman–Crippen MR) is 55.9 cm³/mol. The minimum Gasteiger partial charge on any atom is -0.324 e. The maximum Gasteiger partial charge on any atom is 0.128 e. The van der Waals surface area contributed by atoms with Crippen LogP contribution in [0.5, 0.6) is 0 Å². The zero-order valence-corrected chi connectivity index (χ0v) is 9.09. The molecule has 0 saturated carbocycles. The SMILES string of the molecule is N#CCCC(N)c1cc(Br)ccc1F. The Morgan fingerprint density at radius 3 is 2.93 bits per heavy atom. The van der Waals surface area contributed by atoms with Gasteiger partial charge in [0.2, 0.25) is 0 Å². The smallest absolute Gasteiger partial charge is 0.128 e. The number of nitriles is 1. The van der Waals surface area contributed by atoms with Gasteiger partial charge in [-0.15, -0.1) is 0 Å². The summed E-state index contributed by atoms with van der Waals surface area (Å²) in [4.78, 5) is 0. The average molecular weight is 257 g/mol. The largest absolute Gasteiger partial charge is 0.324 e. The molecule has 0 heterocycles. The molecule has 1 unspecified atom stereocenters. The van der Waals surface area contributed by atoms with Crippen molar-refractivity contribution in [3.63, 3.8) is 0 Å². The molecule has 4 heteroatoms. The molecule has 0 aromatic heterocycles. The first-order valence-electron chi connectivity index (χ1n) is 4.22. The van der Waals surface area contributed by atoms with E-state index < -0.39 is 6.04 Å². The summed E-state index contributed by atoms with van der Waals surface area (Å²) < 4.78 is 14.1. The third-order valence-corrected chi connectivity index (χ3v) is 2.42. The monoisotopic (exact) mass is 256 g/mol. The van der Waals surface area contributed by atoms with Gasteiger partial charge >= 0.3 is 0 Å². The third-order valence-electron chi connectivity index (χ3n) is 1.92. The van der Waals surface area contributed by atoms with Gasteiger partial charge in [-0.1, -0.05) is 15.9 Å². The number of nitrogens with two attached hydrogens (primary N) is 1. The van der Waals surface area contributed by atoms with E-state index in [9.17, 15) is 4.39 Å². The lowest BCUT2D eigenvalue weighted by atomic mass is 10.0. The van der Waals surface area contributed by atoms with E-state index in [1.807, 2.05) is 6.07 Å². The topological polar surface area (TPSA) is 49.8 Å². The van der Waals surface area contributed by atoms with E-state index in [0.717, 1.165) is 4.47 Å². The highest BCUT2D eigenvalue weighted by Gasteiger charge is 2.11. The van der Waals surface area contributed by atoms with Crippen molar-refractivity contribution in [2.24, 2.45) is 5.73 Å². The molecule has 0 radical (unpaired) electrons. The second-order valence-corrected chi connectivity index (χ2v) is 3.88. The highest BCUT2D eigenvalue weighted by molar-refractivity contribution is 9.10. The first kappa shape index (κ1) is 11.2. The van der Waals surface area contributed by atoms with Crippen LogP contribution in [0.1, 0.15) is 24.4 Å². The van der Waals surface area contributed by atoms with Gasteiger partial charge in [0.15, 0.2) is 0 Å². The molecule has 0 aliphatic rings. The fourth-order valence-corrected chi connectivity index (χ4v) is 1.55. The van der Waals surface area contributed by atoms with Crippen molar-refractivity contribution in [3.8, 4) is 6.07 Å². The molecule has 0 spiro atoms. The third kappa shape index (κ3) is 2.79. The molecule has 1 aromatic rings. The number of hydrogen-bond acceptors (Lipinski definition) is 2. The molecular weight excluding hydrogens is 247 g/mol. The van der Waals surface area contributed by atoms with Gasteiger partial charge in [-0.2, -0.15) is 5.26 Å². The van der Waals surface area contributed by atoms with E-state index in [0.29, 0.717) is 18.4 Å². The molecule has 0 fully saturated rings. The Kier molecular flexibility index (Phi) is 4.05. The van der Waals surface area contributed by atoms with Crippen molar-refractivity contribution in [2.45, 2.75) is 18.9 Å². The van der Waals surface area contributed by atoms with E-state index in [2.05, 4.69) is 15.9 Å². The molecule has 0 aliphatic carbocycles. The fraction of sp³-hybridized carbons (Fsp3) is 0.300. The van der Waals surface area contributed by atoms with Crippen molar-refractivity contribution in [1.29, 1.82) is 5.26 Å². The van der Waals surface area contributed by atoms with Crippen LogP contribution < -0.4 is 5.73 Å². The molecule has 0 amide bonds. The van der Waals surface area contributed by atoms with Crippen LogP contribution in [-0.4, -0.2) is 0 Å². The lowest BCUT2D eigenvalue weighted by Crippen LogP contribution is -2.11. The number of rotatable bonds is 3. The number of hydrogen-bond donors (Lipinski definition) is 1. The molecule has 0 bridgehead atoms. The zero-order valence-electron chi connectivity index (χ0n) is 7.50. The highest BCUT2D eigenvalue weighted by atomic mass is 79.9. The summed E-state index contributed by atoms with van der Waals surface area (Å²) >= 11 is 3.25. The van der Waals surface area contributed by atoms with Gasteiger partial charge < -0.3 is 5.73 Å². The molecule has 14 heavy (non-hydrogen) atoms. The Balaban J connectivity index is 2.83. The molecule has 2 nitrogen and oxygen atoms in total. The van der Waals surface area contributed by atoms with Crippen LogP contribution in [0.4, 0.5) is 4.39 Å². The Morgan fingerprint density at radius 1 is 1.57 bits per heavy atom. The van der Waals surface area contributed by atoms with E-state index >= 15 is 0 Å². The summed E-state index contributed by atoms with van der Waals surface area (Å²) in [6.45, 7) is 0. The van der Waals surface area contributed by atoms with Gasteiger partial charge in [0.05, 0.1) is 6.07 Å². The number of nitrogens with zero attached hydrogens (tertiary/aromatic N) is 1. The predicted octanol–water partition coefficient (Wildman–Crippen LogP) is 2.89. The van der Waals surface area contributed by atoms with Gasteiger partial charge in [-0.05, 0) is 24.6 Å². The van der Waals surface area contributed by atoms with Crippen molar-refractivity contribution in [1.82, 2.24) is 0 Å². The minimum atomic E-state index is -0.410. The van der Waals surface area contributed by atoms with Gasteiger partial charge in [0, 0.05) is 22.5 Å². The highest BCUT2D eigenvalue weighted by Crippen LogP contribution is 2.22. The van der Waals surface area contributed by atoms with E-state index in [1.54, 1.807) is 12.1 Å². The summed E-state index contributed by atoms with van der Waals surface area (Å²) in [6.07, 6.45) is 0.816. The summed E-state index contributed by atoms with van der Waals surface area (Å²) in [5.74, 6) is -0.321. The van der Waals surface area contributed by atoms with Gasteiger partial charge in [0.25, 0.3) is 0 Å². The Labute approximate surface area is 90.7 Å². The van der Waals surface area contributed by atoms with Crippen molar-refractivity contribution in [3.05, 3.63) is 34.1 Å². The summed E-state index contributed by atoms with van der Waals surface area (Å²) in [5, 5.41) is 8.38. The van der Waals surface area contributed by atoms with Crippen LogP contribution in [0.15, 0.2) is 22.7 Å². The maximum atomic E-state index is 13.3. The van der Waals surface area contributed by atoms with Gasteiger partial charge in [-0.3, -0.25) is 0 Å². The summed E-state index contributed by atoms with van der Waals surface area (Å²) in [5.41, 5.74) is 6.19. The van der Waals surface area contributed by atoms with E-state index in [4.69, 9.17) is 11.0 Å². The maximum absolute atomic E-state index is 13.3. The van der Waals surface area contributed by atoms with Crippen LogP contribution in [0.2, 0.25) is 0 Å². The number of benzene rings is 1. The first-order chi connectivity index (χ1) is 6.65. The Hall–Kier alpha value is -0.920. The molecule has 74 valence electrons. The molecular formula is C10H10BrFN2. The number of halogens is 2. The van der Waals surface area contributed by atoms with Crippen LogP contribution in [0.3, 0.4) is 0 Å². The van der Waals surface area contributed by atoms with Gasteiger partial charge in [0.1, 0.15) is 5.82 Å². The first-order valence-corrected chi connectivity index (χ1v) is 5.02. The Morgan fingerprint density at radius 2 is 2.29 bits per heavy atom. The van der Waals surface area contributed by atoms with Crippen molar-refractivity contribution in [2.75, 3.05) is 0 Å². The average Bonchev–Trinajstić information content (AvgIpc) is 2.18. The Bertz CT molecular complexity index is 360.